The van der Waals surface area contributed by atoms with Gasteiger partial charge in [0.05, 0.1) is 5.56 Å². The lowest BCUT2D eigenvalue weighted by molar-refractivity contribution is -0.137. The second kappa shape index (κ2) is 7.41. The summed E-state index contributed by atoms with van der Waals surface area (Å²) in [5, 5.41) is 3.27. The summed E-state index contributed by atoms with van der Waals surface area (Å²) in [6.45, 7) is 1.56. The predicted octanol–water partition coefficient (Wildman–Crippen LogP) is 4.11. The number of nitrogens with one attached hydrogen (secondary N) is 1. The molecule has 2 amide bonds. The molecule has 1 N–H and O–H groups in total. The summed E-state index contributed by atoms with van der Waals surface area (Å²) in [6, 6.07) is 8.51. The SMILES string of the molecule is O=C(Nc1cccc(Cl)c1)N1CCN(c2cc(C(F)(F)F)ccn2)CC1. The highest BCUT2D eigenvalue weighted by Crippen LogP contribution is 2.30. The van der Waals surface area contributed by atoms with Crippen LogP contribution in [-0.2, 0) is 6.18 Å². The lowest BCUT2D eigenvalue weighted by Crippen LogP contribution is -2.50. The van der Waals surface area contributed by atoms with E-state index in [0.29, 0.717) is 36.9 Å². The van der Waals surface area contributed by atoms with Gasteiger partial charge in [0.25, 0.3) is 0 Å². The van der Waals surface area contributed by atoms with E-state index in [1.165, 1.54) is 0 Å². The second-order valence-electron chi connectivity index (χ2n) is 5.82. The first-order valence-corrected chi connectivity index (χ1v) is 8.30. The molecule has 1 saturated heterocycles. The molecule has 9 heteroatoms. The monoisotopic (exact) mass is 384 g/mol. The van der Waals surface area contributed by atoms with Crippen molar-refractivity contribution in [3.8, 4) is 0 Å². The normalized spacial score (nSPS) is 15.1. The molecule has 0 bridgehead atoms. The molecule has 26 heavy (non-hydrogen) atoms. The number of amides is 2. The van der Waals surface area contributed by atoms with Gasteiger partial charge in [0, 0.05) is 43.1 Å². The van der Waals surface area contributed by atoms with Crippen molar-refractivity contribution < 1.29 is 18.0 Å². The lowest BCUT2D eigenvalue weighted by atomic mass is 10.2. The van der Waals surface area contributed by atoms with E-state index in [9.17, 15) is 18.0 Å². The van der Waals surface area contributed by atoms with Crippen LogP contribution in [0.15, 0.2) is 42.6 Å². The number of urea groups is 1. The van der Waals surface area contributed by atoms with Crippen molar-refractivity contribution in [1.29, 1.82) is 0 Å². The standard InChI is InChI=1S/C17H16ClF3N4O/c18-13-2-1-3-14(11-13)23-16(26)25-8-6-24(7-9-25)15-10-12(4-5-22-15)17(19,20)21/h1-5,10-11H,6-9H2,(H,23,26). The molecule has 0 spiro atoms. The van der Waals surface area contributed by atoms with Gasteiger partial charge in [0.2, 0.25) is 0 Å². The third-order valence-electron chi connectivity index (χ3n) is 4.04. The highest BCUT2D eigenvalue weighted by Gasteiger charge is 2.31. The van der Waals surface area contributed by atoms with Gasteiger partial charge in [-0.05, 0) is 30.3 Å². The molecule has 0 unspecified atom stereocenters. The number of hydrogen-bond donors (Lipinski definition) is 1. The van der Waals surface area contributed by atoms with Crippen LogP contribution in [0.25, 0.3) is 0 Å². The molecule has 2 heterocycles. The molecule has 2 aromatic rings. The average molecular weight is 385 g/mol. The molecule has 0 atom stereocenters. The molecule has 0 radical (unpaired) electrons. The number of hydrogen-bond acceptors (Lipinski definition) is 3. The third-order valence-corrected chi connectivity index (χ3v) is 4.27. The number of aromatic nitrogens is 1. The van der Waals surface area contributed by atoms with Crippen LogP contribution in [0.4, 0.5) is 29.5 Å². The summed E-state index contributed by atoms with van der Waals surface area (Å²) in [5.74, 6) is 0.259. The van der Waals surface area contributed by atoms with Gasteiger partial charge in [-0.15, -0.1) is 0 Å². The Hall–Kier alpha value is -2.48. The number of rotatable bonds is 2. The average Bonchev–Trinajstić information content (AvgIpc) is 2.61. The molecule has 3 rings (SSSR count). The topological polar surface area (TPSA) is 48.5 Å². The van der Waals surface area contributed by atoms with E-state index in [1.54, 1.807) is 34.1 Å². The van der Waals surface area contributed by atoms with Gasteiger partial charge in [-0.3, -0.25) is 0 Å². The number of anilines is 2. The molecule has 138 valence electrons. The number of alkyl halides is 3. The van der Waals surface area contributed by atoms with E-state index < -0.39 is 11.7 Å². The Morgan fingerprint density at radius 3 is 2.50 bits per heavy atom. The minimum absolute atomic E-state index is 0.259. The van der Waals surface area contributed by atoms with E-state index in [0.717, 1.165) is 18.3 Å². The number of benzene rings is 1. The van der Waals surface area contributed by atoms with Gasteiger partial charge in [-0.25, -0.2) is 9.78 Å². The second-order valence-corrected chi connectivity index (χ2v) is 6.25. The van der Waals surface area contributed by atoms with Gasteiger partial charge >= 0.3 is 12.2 Å². The number of pyridine rings is 1. The maximum atomic E-state index is 12.8. The van der Waals surface area contributed by atoms with Crippen molar-refractivity contribution in [3.05, 3.63) is 53.2 Å². The number of carbonyl (C=O) groups excluding carboxylic acids is 1. The van der Waals surface area contributed by atoms with Crippen LogP contribution in [-0.4, -0.2) is 42.1 Å². The molecule has 1 aromatic heterocycles. The summed E-state index contributed by atoms with van der Waals surface area (Å²) < 4.78 is 38.5. The van der Waals surface area contributed by atoms with Crippen LogP contribution >= 0.6 is 11.6 Å². The largest absolute Gasteiger partial charge is 0.416 e. The number of piperazine rings is 1. The smallest absolute Gasteiger partial charge is 0.353 e. The quantitative estimate of drug-likeness (QED) is 0.847. The summed E-state index contributed by atoms with van der Waals surface area (Å²) in [4.78, 5) is 19.6. The first-order chi connectivity index (χ1) is 12.3. The Morgan fingerprint density at radius 1 is 1.12 bits per heavy atom. The molecule has 1 fully saturated rings. The van der Waals surface area contributed by atoms with Crippen LogP contribution in [0, 0.1) is 0 Å². The molecule has 0 saturated carbocycles. The lowest BCUT2D eigenvalue weighted by Gasteiger charge is -2.35. The van der Waals surface area contributed by atoms with Crippen molar-refractivity contribution in [3.63, 3.8) is 0 Å². The van der Waals surface area contributed by atoms with Gasteiger partial charge in [-0.2, -0.15) is 13.2 Å². The fraction of sp³-hybridized carbons (Fsp3) is 0.294. The highest BCUT2D eigenvalue weighted by molar-refractivity contribution is 6.30. The maximum Gasteiger partial charge on any atom is 0.416 e. The molecule has 1 aromatic carbocycles. The van der Waals surface area contributed by atoms with Crippen LogP contribution in [0.1, 0.15) is 5.56 Å². The molecule has 1 aliphatic rings. The molecule has 1 aliphatic heterocycles. The predicted molar refractivity (Wildman–Crippen MR) is 93.5 cm³/mol. The Balaban J connectivity index is 1.60. The van der Waals surface area contributed by atoms with Crippen molar-refractivity contribution in [2.75, 3.05) is 36.4 Å². The van der Waals surface area contributed by atoms with E-state index in [1.807, 2.05) is 0 Å². The molecule has 5 nitrogen and oxygen atoms in total. The number of nitrogens with zero attached hydrogens (tertiary/aromatic N) is 3. The van der Waals surface area contributed by atoms with E-state index in [4.69, 9.17) is 11.6 Å². The number of halogens is 4. The van der Waals surface area contributed by atoms with Crippen molar-refractivity contribution in [2.45, 2.75) is 6.18 Å². The van der Waals surface area contributed by atoms with Crippen LogP contribution in [0.5, 0.6) is 0 Å². The minimum atomic E-state index is -4.41. The fourth-order valence-electron chi connectivity index (χ4n) is 2.68. The summed E-state index contributed by atoms with van der Waals surface area (Å²) >= 11 is 5.89. The Labute approximate surface area is 153 Å². The van der Waals surface area contributed by atoms with Gasteiger partial charge in [-0.1, -0.05) is 17.7 Å². The van der Waals surface area contributed by atoms with Crippen molar-refractivity contribution >= 4 is 29.1 Å². The third kappa shape index (κ3) is 4.37. The van der Waals surface area contributed by atoms with Crippen LogP contribution in [0.2, 0.25) is 5.02 Å². The van der Waals surface area contributed by atoms with Crippen LogP contribution < -0.4 is 10.2 Å². The number of carbonyl (C=O) groups is 1. The molecular formula is C17H16ClF3N4O. The maximum absolute atomic E-state index is 12.8. The van der Waals surface area contributed by atoms with Gasteiger partial charge in [0.15, 0.2) is 0 Å². The van der Waals surface area contributed by atoms with Crippen LogP contribution in [0.3, 0.4) is 0 Å². The molecule has 0 aliphatic carbocycles. The Kier molecular flexibility index (Phi) is 5.22. The molecular weight excluding hydrogens is 369 g/mol. The van der Waals surface area contributed by atoms with Crippen molar-refractivity contribution in [1.82, 2.24) is 9.88 Å². The Morgan fingerprint density at radius 2 is 1.85 bits per heavy atom. The van der Waals surface area contributed by atoms with Gasteiger partial charge in [0.1, 0.15) is 5.82 Å². The Bertz CT molecular complexity index is 792. The summed E-state index contributed by atoms with van der Waals surface area (Å²) in [7, 11) is 0. The van der Waals surface area contributed by atoms with Crippen molar-refractivity contribution in [2.24, 2.45) is 0 Å². The fourth-order valence-corrected chi connectivity index (χ4v) is 2.87. The van der Waals surface area contributed by atoms with E-state index >= 15 is 0 Å². The van der Waals surface area contributed by atoms with E-state index in [-0.39, 0.29) is 11.8 Å². The minimum Gasteiger partial charge on any atom is -0.353 e. The zero-order chi connectivity index (χ0) is 18.7. The zero-order valence-electron chi connectivity index (χ0n) is 13.6. The zero-order valence-corrected chi connectivity index (χ0v) is 14.4. The summed E-state index contributed by atoms with van der Waals surface area (Å²) in [5.41, 5.74) is -0.145. The van der Waals surface area contributed by atoms with E-state index in [2.05, 4.69) is 10.3 Å². The summed E-state index contributed by atoms with van der Waals surface area (Å²) in [6.07, 6.45) is -3.26. The highest BCUT2D eigenvalue weighted by atomic mass is 35.5. The van der Waals surface area contributed by atoms with Gasteiger partial charge < -0.3 is 15.1 Å². The first kappa shape index (κ1) is 18.3. The first-order valence-electron chi connectivity index (χ1n) is 7.92.